The number of rotatable bonds is 6. The molecule has 0 saturated carbocycles. The quantitative estimate of drug-likeness (QED) is 0.459. The molecule has 1 amide bonds. The van der Waals surface area contributed by atoms with Crippen LogP contribution in [0.4, 0.5) is 0 Å². The normalized spacial score (nSPS) is 10.9. The van der Waals surface area contributed by atoms with Gasteiger partial charge in [0.15, 0.2) is 5.78 Å². The molecule has 0 aliphatic carbocycles. The zero-order chi connectivity index (χ0) is 21.1. The predicted octanol–water partition coefficient (Wildman–Crippen LogP) is 5.14. The molecular formula is C26H24N2O2. The van der Waals surface area contributed by atoms with Crippen molar-refractivity contribution in [3.63, 3.8) is 0 Å². The van der Waals surface area contributed by atoms with Crippen molar-refractivity contribution in [1.29, 1.82) is 0 Å². The number of carbonyl (C=O) groups is 2. The fourth-order valence-electron chi connectivity index (χ4n) is 3.89. The van der Waals surface area contributed by atoms with Crippen molar-refractivity contribution >= 4 is 22.5 Å². The molecule has 150 valence electrons. The molecule has 30 heavy (non-hydrogen) atoms. The van der Waals surface area contributed by atoms with Crippen molar-refractivity contribution in [3.05, 3.63) is 95.7 Å². The molecule has 4 aromatic rings. The minimum atomic E-state index is -0.0890. The molecule has 0 aliphatic rings. The van der Waals surface area contributed by atoms with Crippen LogP contribution in [0.5, 0.6) is 0 Å². The molecule has 0 saturated heterocycles. The number of Topliss-reactive ketones (excluding diaryl/α,β-unsaturated/α-hetero) is 1. The zero-order valence-corrected chi connectivity index (χ0v) is 17.2. The number of amides is 1. The van der Waals surface area contributed by atoms with Gasteiger partial charge in [-0.15, -0.1) is 0 Å². The Kier molecular flexibility index (Phi) is 5.48. The van der Waals surface area contributed by atoms with Crippen LogP contribution in [0.15, 0.2) is 78.9 Å². The van der Waals surface area contributed by atoms with Crippen LogP contribution in [0, 0.1) is 6.92 Å². The molecule has 0 atom stereocenters. The molecule has 0 fully saturated rings. The van der Waals surface area contributed by atoms with Crippen molar-refractivity contribution in [2.75, 3.05) is 0 Å². The van der Waals surface area contributed by atoms with Crippen LogP contribution in [0.3, 0.4) is 0 Å². The van der Waals surface area contributed by atoms with Crippen molar-refractivity contribution in [2.45, 2.75) is 26.9 Å². The average molecular weight is 396 g/mol. The maximum atomic E-state index is 12.8. The molecule has 3 aromatic carbocycles. The lowest BCUT2D eigenvalue weighted by Gasteiger charge is -2.13. The summed E-state index contributed by atoms with van der Waals surface area (Å²) in [4.78, 5) is 24.9. The number of ketones is 1. The number of fused-ring (bicyclic) bond motifs is 1. The Balaban J connectivity index is 1.58. The van der Waals surface area contributed by atoms with Gasteiger partial charge in [-0.1, -0.05) is 72.8 Å². The SMILES string of the molecule is CC(=O)c1cc(-c2ccccc2)n(CC(=O)NCc2cccc3ccccc23)c1C. The van der Waals surface area contributed by atoms with E-state index in [4.69, 9.17) is 0 Å². The molecule has 0 unspecified atom stereocenters. The van der Waals surface area contributed by atoms with Gasteiger partial charge in [-0.2, -0.15) is 0 Å². The van der Waals surface area contributed by atoms with E-state index in [1.807, 2.05) is 72.2 Å². The first-order valence-electron chi connectivity index (χ1n) is 10.0. The summed E-state index contributed by atoms with van der Waals surface area (Å²) < 4.78 is 1.92. The maximum Gasteiger partial charge on any atom is 0.240 e. The summed E-state index contributed by atoms with van der Waals surface area (Å²) in [5.41, 5.74) is 4.39. The molecule has 0 radical (unpaired) electrons. The predicted molar refractivity (Wildman–Crippen MR) is 120 cm³/mol. The minimum Gasteiger partial charge on any atom is -0.350 e. The largest absolute Gasteiger partial charge is 0.350 e. The number of hydrogen-bond acceptors (Lipinski definition) is 2. The molecule has 0 aliphatic heterocycles. The van der Waals surface area contributed by atoms with Crippen LogP contribution in [0.2, 0.25) is 0 Å². The Morgan fingerprint density at radius 3 is 2.37 bits per heavy atom. The summed E-state index contributed by atoms with van der Waals surface area (Å²) in [6.07, 6.45) is 0. The smallest absolute Gasteiger partial charge is 0.240 e. The summed E-state index contributed by atoms with van der Waals surface area (Å²) in [5.74, 6) is -0.0893. The Hall–Kier alpha value is -3.66. The topological polar surface area (TPSA) is 51.1 Å². The van der Waals surface area contributed by atoms with Gasteiger partial charge in [0.1, 0.15) is 6.54 Å². The van der Waals surface area contributed by atoms with Gasteiger partial charge in [0.05, 0.1) is 0 Å². The fraction of sp³-hybridized carbons (Fsp3) is 0.154. The van der Waals surface area contributed by atoms with E-state index in [9.17, 15) is 9.59 Å². The van der Waals surface area contributed by atoms with E-state index in [2.05, 4.69) is 23.5 Å². The van der Waals surface area contributed by atoms with Gasteiger partial charge in [-0.25, -0.2) is 0 Å². The van der Waals surface area contributed by atoms with Crippen LogP contribution in [0.25, 0.3) is 22.0 Å². The summed E-state index contributed by atoms with van der Waals surface area (Å²) in [6.45, 7) is 4.07. The number of hydrogen-bond donors (Lipinski definition) is 1. The third kappa shape index (κ3) is 3.90. The third-order valence-corrected chi connectivity index (χ3v) is 5.47. The number of aromatic nitrogens is 1. The van der Waals surface area contributed by atoms with Crippen molar-refractivity contribution in [2.24, 2.45) is 0 Å². The first-order valence-corrected chi connectivity index (χ1v) is 10.0. The summed E-state index contributed by atoms with van der Waals surface area (Å²) in [7, 11) is 0. The number of nitrogens with zero attached hydrogens (tertiary/aromatic N) is 1. The van der Waals surface area contributed by atoms with Gasteiger partial charge < -0.3 is 9.88 Å². The van der Waals surface area contributed by atoms with Crippen LogP contribution >= 0.6 is 0 Å². The molecule has 1 heterocycles. The zero-order valence-electron chi connectivity index (χ0n) is 17.2. The summed E-state index contributed by atoms with van der Waals surface area (Å²) in [5, 5.41) is 5.33. The van der Waals surface area contributed by atoms with E-state index >= 15 is 0 Å². The highest BCUT2D eigenvalue weighted by Gasteiger charge is 2.18. The lowest BCUT2D eigenvalue weighted by Crippen LogP contribution is -2.28. The van der Waals surface area contributed by atoms with Crippen molar-refractivity contribution < 1.29 is 9.59 Å². The molecule has 1 aromatic heterocycles. The molecule has 4 nitrogen and oxygen atoms in total. The third-order valence-electron chi connectivity index (χ3n) is 5.47. The Labute approximate surface area is 176 Å². The molecule has 0 spiro atoms. The first kappa shape index (κ1) is 19.6. The van der Waals surface area contributed by atoms with E-state index in [1.165, 1.54) is 0 Å². The van der Waals surface area contributed by atoms with Gasteiger partial charge >= 0.3 is 0 Å². The highest BCUT2D eigenvalue weighted by molar-refractivity contribution is 5.97. The number of carbonyl (C=O) groups excluding carboxylic acids is 2. The van der Waals surface area contributed by atoms with E-state index in [-0.39, 0.29) is 18.2 Å². The van der Waals surface area contributed by atoms with E-state index in [0.29, 0.717) is 12.1 Å². The fourth-order valence-corrected chi connectivity index (χ4v) is 3.89. The molecule has 1 N–H and O–H groups in total. The lowest BCUT2D eigenvalue weighted by molar-refractivity contribution is -0.121. The number of benzene rings is 3. The van der Waals surface area contributed by atoms with E-state index < -0.39 is 0 Å². The van der Waals surface area contributed by atoms with Crippen molar-refractivity contribution in [1.82, 2.24) is 9.88 Å². The van der Waals surface area contributed by atoms with Crippen LogP contribution < -0.4 is 5.32 Å². The van der Waals surface area contributed by atoms with Gasteiger partial charge in [0.25, 0.3) is 0 Å². The highest BCUT2D eigenvalue weighted by atomic mass is 16.2. The van der Waals surface area contributed by atoms with Gasteiger partial charge in [-0.3, -0.25) is 9.59 Å². The second-order valence-electron chi connectivity index (χ2n) is 7.45. The highest BCUT2D eigenvalue weighted by Crippen LogP contribution is 2.26. The summed E-state index contributed by atoms with van der Waals surface area (Å²) >= 11 is 0. The van der Waals surface area contributed by atoms with Crippen molar-refractivity contribution in [3.8, 4) is 11.3 Å². The average Bonchev–Trinajstić information content (AvgIpc) is 3.09. The Morgan fingerprint density at radius 2 is 1.60 bits per heavy atom. The Morgan fingerprint density at radius 1 is 0.900 bits per heavy atom. The van der Waals surface area contributed by atoms with Gasteiger partial charge in [0, 0.05) is 23.5 Å². The molecular weight excluding hydrogens is 372 g/mol. The second-order valence-corrected chi connectivity index (χ2v) is 7.45. The molecule has 4 rings (SSSR count). The number of nitrogens with one attached hydrogen (secondary N) is 1. The monoisotopic (exact) mass is 396 g/mol. The minimum absolute atomic E-state index is 0.000375. The van der Waals surface area contributed by atoms with Crippen LogP contribution in [-0.4, -0.2) is 16.3 Å². The van der Waals surface area contributed by atoms with Crippen LogP contribution in [0.1, 0.15) is 28.5 Å². The van der Waals surface area contributed by atoms with Gasteiger partial charge in [-0.05, 0) is 41.8 Å². The first-order chi connectivity index (χ1) is 14.5. The Bertz CT molecular complexity index is 1220. The van der Waals surface area contributed by atoms with Gasteiger partial charge in [0.2, 0.25) is 5.91 Å². The molecule has 4 heteroatoms. The van der Waals surface area contributed by atoms with Crippen LogP contribution in [-0.2, 0) is 17.9 Å². The molecule has 0 bridgehead atoms. The van der Waals surface area contributed by atoms with E-state index in [1.54, 1.807) is 6.92 Å². The standard InChI is InChI=1S/C26H24N2O2/c1-18-24(19(2)29)15-25(21-10-4-3-5-11-21)28(18)17-26(30)27-16-22-13-8-12-20-9-6-7-14-23(20)22/h3-15H,16-17H2,1-2H3,(H,27,30). The van der Waals surface area contributed by atoms with E-state index in [0.717, 1.165) is 33.3 Å². The lowest BCUT2D eigenvalue weighted by atomic mass is 10.0. The second kappa shape index (κ2) is 8.37. The summed E-state index contributed by atoms with van der Waals surface area (Å²) in [6, 6.07) is 26.0. The maximum absolute atomic E-state index is 12.8.